The summed E-state index contributed by atoms with van der Waals surface area (Å²) in [5.74, 6) is 0.383. The maximum Gasteiger partial charge on any atom is 0.152 e. The van der Waals surface area contributed by atoms with Gasteiger partial charge in [-0.2, -0.15) is 0 Å². The molecule has 1 atom stereocenters. The van der Waals surface area contributed by atoms with Crippen LogP contribution in [0.1, 0.15) is 6.92 Å². The zero-order valence-electron chi connectivity index (χ0n) is 11.3. The maximum atomic E-state index is 11.4. The quantitative estimate of drug-likeness (QED) is 0.885. The number of aliphatic hydroxyl groups is 1. The Balaban J connectivity index is 1.99. The van der Waals surface area contributed by atoms with E-state index in [1.807, 2.05) is 42.5 Å². The zero-order chi connectivity index (χ0) is 14.6. The fraction of sp³-hybridized carbons (Fsp3) is 0.333. The highest BCUT2D eigenvalue weighted by molar-refractivity contribution is 7.91. The molecule has 5 heteroatoms. The summed E-state index contributed by atoms with van der Waals surface area (Å²) in [6.07, 6.45) is -1.01. The highest BCUT2D eigenvalue weighted by Crippen LogP contribution is 2.20. The normalized spacial score (nSPS) is 13.3. The molecule has 0 saturated carbocycles. The van der Waals surface area contributed by atoms with Crippen LogP contribution in [-0.4, -0.2) is 37.7 Å². The summed E-state index contributed by atoms with van der Waals surface area (Å²) in [5, 5.41) is 11.8. The van der Waals surface area contributed by atoms with Crippen LogP contribution in [0, 0.1) is 0 Å². The third-order valence-corrected chi connectivity index (χ3v) is 4.82. The van der Waals surface area contributed by atoms with Gasteiger partial charge in [0.15, 0.2) is 9.84 Å². The van der Waals surface area contributed by atoms with Crippen molar-refractivity contribution in [2.24, 2.45) is 0 Å². The number of hydrogen-bond acceptors (Lipinski definition) is 4. The molecular weight excluding hydrogens is 276 g/mol. The molecule has 1 N–H and O–H groups in total. The molecular formula is C15H18O4S. The Morgan fingerprint density at radius 2 is 1.85 bits per heavy atom. The second-order valence-electron chi connectivity index (χ2n) is 4.67. The van der Waals surface area contributed by atoms with Crippen LogP contribution in [0.15, 0.2) is 42.5 Å². The summed E-state index contributed by atoms with van der Waals surface area (Å²) >= 11 is 0. The van der Waals surface area contributed by atoms with E-state index >= 15 is 0 Å². The Morgan fingerprint density at radius 3 is 2.55 bits per heavy atom. The second kappa shape index (κ2) is 6.24. The van der Waals surface area contributed by atoms with E-state index in [9.17, 15) is 13.5 Å². The van der Waals surface area contributed by atoms with Gasteiger partial charge in [-0.25, -0.2) is 8.42 Å². The Labute approximate surface area is 118 Å². The fourth-order valence-corrected chi connectivity index (χ4v) is 2.83. The highest BCUT2D eigenvalue weighted by Gasteiger charge is 2.15. The zero-order valence-corrected chi connectivity index (χ0v) is 12.1. The minimum absolute atomic E-state index is 0.0278. The first-order chi connectivity index (χ1) is 9.50. The minimum Gasteiger partial charge on any atom is -0.491 e. The van der Waals surface area contributed by atoms with Gasteiger partial charge in [0.1, 0.15) is 18.5 Å². The van der Waals surface area contributed by atoms with Crippen LogP contribution in [0.5, 0.6) is 5.75 Å². The molecule has 0 aliphatic carbocycles. The summed E-state index contributed by atoms with van der Waals surface area (Å²) in [4.78, 5) is 0. The fourth-order valence-electron chi connectivity index (χ4n) is 1.91. The van der Waals surface area contributed by atoms with Crippen molar-refractivity contribution in [2.45, 2.75) is 13.0 Å². The number of ether oxygens (including phenoxy) is 1. The average Bonchev–Trinajstić information content (AvgIpc) is 2.44. The molecule has 108 valence electrons. The van der Waals surface area contributed by atoms with Gasteiger partial charge >= 0.3 is 0 Å². The number of aliphatic hydroxyl groups excluding tert-OH is 1. The van der Waals surface area contributed by atoms with Gasteiger partial charge in [0, 0.05) is 5.75 Å². The van der Waals surface area contributed by atoms with Crippen LogP contribution < -0.4 is 4.74 Å². The number of fused-ring (bicyclic) bond motifs is 1. The standard InChI is InChI=1S/C15H18O4S/c1-2-20(17,18)11-14(16)10-19-15-8-7-12-5-3-4-6-13(12)9-15/h3-9,14,16H,2,10-11H2,1H3. The van der Waals surface area contributed by atoms with Crippen LogP contribution in [0.2, 0.25) is 0 Å². The second-order valence-corrected chi connectivity index (χ2v) is 7.07. The summed E-state index contributed by atoms with van der Waals surface area (Å²) in [7, 11) is -3.19. The van der Waals surface area contributed by atoms with Gasteiger partial charge < -0.3 is 9.84 Å². The van der Waals surface area contributed by atoms with E-state index in [-0.39, 0.29) is 18.1 Å². The van der Waals surface area contributed by atoms with E-state index in [0.717, 1.165) is 10.8 Å². The predicted octanol–water partition coefficient (Wildman–Crippen LogP) is 2.01. The lowest BCUT2D eigenvalue weighted by atomic mass is 10.1. The molecule has 0 aliphatic heterocycles. The molecule has 0 saturated heterocycles. The van der Waals surface area contributed by atoms with E-state index in [2.05, 4.69) is 0 Å². The summed E-state index contributed by atoms with van der Waals surface area (Å²) in [6.45, 7) is 1.53. The van der Waals surface area contributed by atoms with Crippen LogP contribution in [0.3, 0.4) is 0 Å². The van der Waals surface area contributed by atoms with Crippen molar-refractivity contribution in [1.82, 2.24) is 0 Å². The number of sulfone groups is 1. The number of hydrogen-bond donors (Lipinski definition) is 1. The van der Waals surface area contributed by atoms with Gasteiger partial charge in [0.2, 0.25) is 0 Å². The highest BCUT2D eigenvalue weighted by atomic mass is 32.2. The largest absolute Gasteiger partial charge is 0.491 e. The smallest absolute Gasteiger partial charge is 0.152 e. The van der Waals surface area contributed by atoms with Gasteiger partial charge in [-0.15, -0.1) is 0 Å². The van der Waals surface area contributed by atoms with Gasteiger partial charge in [0.05, 0.1) is 5.75 Å². The predicted molar refractivity (Wildman–Crippen MR) is 79.8 cm³/mol. The van der Waals surface area contributed by atoms with Gasteiger partial charge in [-0.1, -0.05) is 37.3 Å². The Kier molecular flexibility index (Phi) is 4.62. The first kappa shape index (κ1) is 14.8. The molecule has 0 heterocycles. The Morgan fingerprint density at radius 1 is 1.15 bits per heavy atom. The van der Waals surface area contributed by atoms with E-state index in [4.69, 9.17) is 4.74 Å². The Bertz CT molecular complexity index is 679. The summed E-state index contributed by atoms with van der Waals surface area (Å²) < 4.78 is 28.2. The van der Waals surface area contributed by atoms with Crippen LogP contribution in [0.25, 0.3) is 10.8 Å². The third kappa shape index (κ3) is 3.95. The lowest BCUT2D eigenvalue weighted by molar-refractivity contribution is 0.125. The monoisotopic (exact) mass is 294 g/mol. The molecule has 0 spiro atoms. The molecule has 0 fully saturated rings. The molecule has 0 bridgehead atoms. The summed E-state index contributed by atoms with van der Waals surface area (Å²) in [6, 6.07) is 13.5. The average molecular weight is 294 g/mol. The SMILES string of the molecule is CCS(=O)(=O)CC(O)COc1ccc2ccccc2c1. The molecule has 2 aromatic carbocycles. The minimum atomic E-state index is -3.19. The Hall–Kier alpha value is -1.59. The van der Waals surface area contributed by atoms with Crippen molar-refractivity contribution >= 4 is 20.6 Å². The van der Waals surface area contributed by atoms with Gasteiger partial charge in [-0.3, -0.25) is 0 Å². The maximum absolute atomic E-state index is 11.4. The summed E-state index contributed by atoms with van der Waals surface area (Å²) in [5.41, 5.74) is 0. The van der Waals surface area contributed by atoms with Gasteiger partial charge in [-0.05, 0) is 22.9 Å². The molecule has 0 radical (unpaired) electrons. The topological polar surface area (TPSA) is 63.6 Å². The molecule has 1 unspecified atom stereocenters. The molecule has 20 heavy (non-hydrogen) atoms. The van der Waals surface area contributed by atoms with Crippen molar-refractivity contribution in [2.75, 3.05) is 18.1 Å². The van der Waals surface area contributed by atoms with Gasteiger partial charge in [0.25, 0.3) is 0 Å². The molecule has 0 aromatic heterocycles. The van der Waals surface area contributed by atoms with Crippen LogP contribution in [0.4, 0.5) is 0 Å². The van der Waals surface area contributed by atoms with Crippen LogP contribution >= 0.6 is 0 Å². The lowest BCUT2D eigenvalue weighted by Gasteiger charge is -2.12. The third-order valence-electron chi connectivity index (χ3n) is 3.05. The van der Waals surface area contributed by atoms with Crippen molar-refractivity contribution < 1.29 is 18.3 Å². The molecule has 0 aliphatic rings. The van der Waals surface area contributed by atoms with E-state index in [0.29, 0.717) is 5.75 Å². The van der Waals surface area contributed by atoms with Crippen molar-refractivity contribution in [3.05, 3.63) is 42.5 Å². The van der Waals surface area contributed by atoms with E-state index < -0.39 is 15.9 Å². The molecule has 2 aromatic rings. The molecule has 0 amide bonds. The first-order valence-electron chi connectivity index (χ1n) is 6.50. The number of benzene rings is 2. The van der Waals surface area contributed by atoms with Crippen LogP contribution in [-0.2, 0) is 9.84 Å². The number of rotatable bonds is 6. The first-order valence-corrected chi connectivity index (χ1v) is 8.32. The van der Waals surface area contributed by atoms with Crippen molar-refractivity contribution in [3.8, 4) is 5.75 Å². The molecule has 2 rings (SSSR count). The molecule has 4 nitrogen and oxygen atoms in total. The van der Waals surface area contributed by atoms with Crippen molar-refractivity contribution in [1.29, 1.82) is 0 Å². The van der Waals surface area contributed by atoms with E-state index in [1.54, 1.807) is 6.92 Å². The lowest BCUT2D eigenvalue weighted by Crippen LogP contribution is -2.27. The van der Waals surface area contributed by atoms with Crippen molar-refractivity contribution in [3.63, 3.8) is 0 Å². The van der Waals surface area contributed by atoms with E-state index in [1.165, 1.54) is 0 Å².